The van der Waals surface area contributed by atoms with Crippen LogP contribution in [0.15, 0.2) is 6.20 Å². The average Bonchev–Trinajstić information content (AvgIpc) is 2.60. The molecule has 1 aliphatic carbocycles. The summed E-state index contributed by atoms with van der Waals surface area (Å²) in [5.74, 6) is 0.0368. The van der Waals surface area contributed by atoms with E-state index < -0.39 is 0 Å². The first-order chi connectivity index (χ1) is 9.09. The van der Waals surface area contributed by atoms with Gasteiger partial charge in [0.2, 0.25) is 5.91 Å². The molecule has 0 radical (unpaired) electrons. The number of hydrogen-bond donors (Lipinski definition) is 1. The Kier molecular flexibility index (Phi) is 4.86. The van der Waals surface area contributed by atoms with Gasteiger partial charge in [-0.2, -0.15) is 5.10 Å². The van der Waals surface area contributed by atoms with Crippen LogP contribution in [0.5, 0.6) is 0 Å². The Bertz CT molecular complexity index is 436. The number of amides is 1. The van der Waals surface area contributed by atoms with Crippen molar-refractivity contribution in [1.29, 1.82) is 0 Å². The van der Waals surface area contributed by atoms with Crippen molar-refractivity contribution in [2.45, 2.75) is 64.5 Å². The van der Waals surface area contributed by atoms with E-state index in [4.69, 9.17) is 11.6 Å². The van der Waals surface area contributed by atoms with Gasteiger partial charge >= 0.3 is 0 Å². The van der Waals surface area contributed by atoms with Gasteiger partial charge in [0.1, 0.15) is 6.04 Å². The Morgan fingerprint density at radius 3 is 2.58 bits per heavy atom. The molecule has 106 valence electrons. The molecule has 1 saturated carbocycles. The Morgan fingerprint density at radius 2 is 2.05 bits per heavy atom. The molecule has 1 N–H and O–H groups in total. The molecule has 1 aromatic heterocycles. The quantitative estimate of drug-likeness (QED) is 0.866. The van der Waals surface area contributed by atoms with Crippen LogP contribution in [0.4, 0.5) is 0 Å². The van der Waals surface area contributed by atoms with E-state index >= 15 is 0 Å². The second-order valence-corrected chi connectivity index (χ2v) is 5.80. The van der Waals surface area contributed by atoms with Crippen LogP contribution in [0.2, 0.25) is 5.02 Å². The fourth-order valence-corrected chi connectivity index (χ4v) is 2.78. The van der Waals surface area contributed by atoms with Crippen molar-refractivity contribution in [2.75, 3.05) is 0 Å². The van der Waals surface area contributed by atoms with E-state index in [0.29, 0.717) is 11.1 Å². The number of halogens is 1. The normalized spacial score (nSPS) is 18.9. The number of carbonyl (C=O) groups excluding carboxylic acids is 1. The van der Waals surface area contributed by atoms with Crippen LogP contribution in [0.3, 0.4) is 0 Å². The van der Waals surface area contributed by atoms with Gasteiger partial charge in [0.05, 0.1) is 16.9 Å². The number of hydrogen-bond acceptors (Lipinski definition) is 2. The molecule has 1 aromatic rings. The first-order valence-electron chi connectivity index (χ1n) is 7.09. The van der Waals surface area contributed by atoms with Gasteiger partial charge in [0.25, 0.3) is 0 Å². The number of carbonyl (C=O) groups is 1. The van der Waals surface area contributed by atoms with E-state index in [1.54, 1.807) is 10.9 Å². The molecule has 4 nitrogen and oxygen atoms in total. The zero-order valence-electron chi connectivity index (χ0n) is 11.7. The van der Waals surface area contributed by atoms with Gasteiger partial charge in [-0.15, -0.1) is 0 Å². The smallest absolute Gasteiger partial charge is 0.244 e. The Morgan fingerprint density at radius 1 is 1.42 bits per heavy atom. The van der Waals surface area contributed by atoms with Crippen molar-refractivity contribution in [2.24, 2.45) is 0 Å². The molecule has 1 fully saturated rings. The molecule has 5 heteroatoms. The van der Waals surface area contributed by atoms with E-state index in [1.165, 1.54) is 25.7 Å². The minimum Gasteiger partial charge on any atom is -0.352 e. The summed E-state index contributed by atoms with van der Waals surface area (Å²) >= 11 is 5.98. The van der Waals surface area contributed by atoms with Crippen LogP contribution in [0.25, 0.3) is 0 Å². The topological polar surface area (TPSA) is 46.9 Å². The summed E-state index contributed by atoms with van der Waals surface area (Å²) in [7, 11) is 0. The number of nitrogens with zero attached hydrogens (tertiary/aromatic N) is 2. The zero-order valence-corrected chi connectivity index (χ0v) is 12.4. The molecule has 1 amide bonds. The second-order valence-electron chi connectivity index (χ2n) is 5.40. The Balaban J connectivity index is 1.97. The molecule has 1 unspecified atom stereocenters. The summed E-state index contributed by atoms with van der Waals surface area (Å²) in [5, 5.41) is 7.93. The van der Waals surface area contributed by atoms with E-state index in [9.17, 15) is 4.79 Å². The van der Waals surface area contributed by atoms with Gasteiger partial charge in [0.15, 0.2) is 0 Å². The van der Waals surface area contributed by atoms with Crippen LogP contribution >= 0.6 is 11.6 Å². The maximum absolute atomic E-state index is 12.3. The molecule has 0 spiro atoms. The molecule has 0 bridgehead atoms. The van der Waals surface area contributed by atoms with Crippen LogP contribution < -0.4 is 5.32 Å². The van der Waals surface area contributed by atoms with Gasteiger partial charge in [-0.1, -0.05) is 37.3 Å². The molecule has 0 aliphatic heterocycles. The Labute approximate surface area is 119 Å². The summed E-state index contributed by atoms with van der Waals surface area (Å²) in [6, 6.07) is 0.0135. The predicted octanol–water partition coefficient (Wildman–Crippen LogP) is 3.24. The first-order valence-corrected chi connectivity index (χ1v) is 7.47. The molecule has 1 atom stereocenters. The summed E-state index contributed by atoms with van der Waals surface area (Å²) in [5.41, 5.74) is 0.838. The van der Waals surface area contributed by atoms with Gasteiger partial charge in [-0.3, -0.25) is 9.48 Å². The van der Waals surface area contributed by atoms with Crippen LogP contribution in [0, 0.1) is 6.92 Å². The maximum atomic E-state index is 12.3. The highest BCUT2D eigenvalue weighted by atomic mass is 35.5. The molecule has 1 heterocycles. The number of aromatic nitrogens is 2. The summed E-state index contributed by atoms with van der Waals surface area (Å²) in [4.78, 5) is 12.3. The standard InChI is InChI=1S/C14H22ClN3O/c1-10-13(15)9-16-18(10)11(2)14(19)17-12-7-5-3-4-6-8-12/h9,11-12H,3-8H2,1-2H3,(H,17,19). The van der Waals surface area contributed by atoms with Crippen molar-refractivity contribution in [3.05, 3.63) is 16.9 Å². The molecule has 2 rings (SSSR count). The predicted molar refractivity (Wildman–Crippen MR) is 76.3 cm³/mol. The lowest BCUT2D eigenvalue weighted by Gasteiger charge is -2.20. The molecular formula is C14H22ClN3O. The highest BCUT2D eigenvalue weighted by molar-refractivity contribution is 6.31. The fraction of sp³-hybridized carbons (Fsp3) is 0.714. The van der Waals surface area contributed by atoms with Crippen molar-refractivity contribution in [3.8, 4) is 0 Å². The minimum absolute atomic E-state index is 0.0368. The van der Waals surface area contributed by atoms with Crippen molar-refractivity contribution in [1.82, 2.24) is 15.1 Å². The third-order valence-electron chi connectivity index (χ3n) is 3.93. The molecule has 19 heavy (non-hydrogen) atoms. The van der Waals surface area contributed by atoms with E-state index in [0.717, 1.165) is 18.5 Å². The van der Waals surface area contributed by atoms with Gasteiger partial charge in [0, 0.05) is 6.04 Å². The highest BCUT2D eigenvalue weighted by Gasteiger charge is 2.22. The van der Waals surface area contributed by atoms with E-state index in [1.807, 2.05) is 13.8 Å². The minimum atomic E-state index is -0.309. The van der Waals surface area contributed by atoms with Crippen molar-refractivity contribution >= 4 is 17.5 Å². The molecular weight excluding hydrogens is 262 g/mol. The fourth-order valence-electron chi connectivity index (χ4n) is 2.65. The Hall–Kier alpha value is -1.03. The summed E-state index contributed by atoms with van der Waals surface area (Å²) in [6.07, 6.45) is 8.78. The third-order valence-corrected chi connectivity index (χ3v) is 4.30. The lowest BCUT2D eigenvalue weighted by molar-refractivity contribution is -0.125. The highest BCUT2D eigenvalue weighted by Crippen LogP contribution is 2.20. The SMILES string of the molecule is Cc1c(Cl)cnn1C(C)C(=O)NC1CCCCCC1. The largest absolute Gasteiger partial charge is 0.352 e. The van der Waals surface area contributed by atoms with E-state index in [2.05, 4.69) is 10.4 Å². The van der Waals surface area contributed by atoms with Gasteiger partial charge < -0.3 is 5.32 Å². The first kappa shape index (κ1) is 14.4. The number of rotatable bonds is 3. The molecule has 1 aliphatic rings. The lowest BCUT2D eigenvalue weighted by atomic mass is 10.1. The third kappa shape index (κ3) is 3.50. The van der Waals surface area contributed by atoms with Gasteiger partial charge in [-0.05, 0) is 26.7 Å². The maximum Gasteiger partial charge on any atom is 0.244 e. The van der Waals surface area contributed by atoms with Crippen molar-refractivity contribution in [3.63, 3.8) is 0 Å². The van der Waals surface area contributed by atoms with Crippen LogP contribution in [-0.2, 0) is 4.79 Å². The van der Waals surface area contributed by atoms with Crippen molar-refractivity contribution < 1.29 is 4.79 Å². The lowest BCUT2D eigenvalue weighted by Crippen LogP contribution is -2.39. The number of nitrogens with one attached hydrogen (secondary N) is 1. The molecule has 0 saturated heterocycles. The van der Waals surface area contributed by atoms with Crippen LogP contribution in [0.1, 0.15) is 57.2 Å². The van der Waals surface area contributed by atoms with Gasteiger partial charge in [-0.25, -0.2) is 0 Å². The van der Waals surface area contributed by atoms with Crippen LogP contribution in [-0.4, -0.2) is 21.7 Å². The molecule has 0 aromatic carbocycles. The summed E-state index contributed by atoms with van der Waals surface area (Å²) in [6.45, 7) is 3.74. The average molecular weight is 284 g/mol. The van der Waals surface area contributed by atoms with E-state index in [-0.39, 0.29) is 11.9 Å². The summed E-state index contributed by atoms with van der Waals surface area (Å²) < 4.78 is 1.69. The second kappa shape index (κ2) is 6.42. The monoisotopic (exact) mass is 283 g/mol. The zero-order chi connectivity index (χ0) is 13.8.